The molecule has 8 heteroatoms. The van der Waals surface area contributed by atoms with Crippen LogP contribution < -0.4 is 4.74 Å². The highest BCUT2D eigenvalue weighted by molar-refractivity contribution is 6.31. The molecule has 0 saturated heterocycles. The highest BCUT2D eigenvalue weighted by Crippen LogP contribution is 2.25. The van der Waals surface area contributed by atoms with Gasteiger partial charge in [-0.15, -0.1) is 13.2 Å². The van der Waals surface area contributed by atoms with E-state index in [1.165, 1.54) is 18.2 Å². The van der Waals surface area contributed by atoms with Gasteiger partial charge in [0, 0.05) is 24.7 Å². The molecule has 0 aliphatic heterocycles. The van der Waals surface area contributed by atoms with E-state index in [9.17, 15) is 18.0 Å². The fourth-order valence-corrected chi connectivity index (χ4v) is 2.81. The Labute approximate surface area is 160 Å². The molecule has 0 aromatic heterocycles. The molecule has 0 spiro atoms. The summed E-state index contributed by atoms with van der Waals surface area (Å²) in [6.07, 6.45) is -4.86. The number of ether oxygens (including phenoxy) is 1. The number of alkyl halides is 3. The highest BCUT2D eigenvalue weighted by atomic mass is 35.5. The van der Waals surface area contributed by atoms with Crippen LogP contribution in [0.2, 0.25) is 5.02 Å². The van der Waals surface area contributed by atoms with E-state index in [0.29, 0.717) is 17.1 Å². The summed E-state index contributed by atoms with van der Waals surface area (Å²) >= 11 is 6.22. The smallest absolute Gasteiger partial charge is 0.481 e. The molecular formula is C19H19ClF3NO3. The zero-order chi connectivity index (χ0) is 20.0. The minimum atomic E-state index is -4.77. The third-order valence-corrected chi connectivity index (χ3v) is 4.14. The van der Waals surface area contributed by atoms with Gasteiger partial charge >= 0.3 is 12.3 Å². The van der Waals surface area contributed by atoms with E-state index < -0.39 is 12.3 Å². The second kappa shape index (κ2) is 9.10. The summed E-state index contributed by atoms with van der Waals surface area (Å²) in [7, 11) is 0. The molecule has 0 amide bonds. The molecular weight excluding hydrogens is 383 g/mol. The van der Waals surface area contributed by atoms with Gasteiger partial charge in [-0.25, -0.2) is 0 Å². The first kappa shape index (κ1) is 21.1. The van der Waals surface area contributed by atoms with Crippen molar-refractivity contribution in [2.24, 2.45) is 0 Å². The largest absolute Gasteiger partial charge is 0.573 e. The summed E-state index contributed by atoms with van der Waals surface area (Å²) in [6.45, 7) is 2.77. The number of aryl methyl sites for hydroxylation is 1. The van der Waals surface area contributed by atoms with Crippen molar-refractivity contribution >= 4 is 17.6 Å². The standard InChI is InChI=1S/C19H19ClF3NO3/c1-13-5-6-17(20)15(9-13)12-24(8-7-18(25)26)11-14-3-2-4-16(10-14)27-19(21,22)23/h2-6,9-10H,7-8,11-12H2,1H3,(H,25,26). The first-order valence-corrected chi connectivity index (χ1v) is 8.54. The Morgan fingerprint density at radius 2 is 1.93 bits per heavy atom. The number of halogens is 4. The molecule has 0 atom stereocenters. The lowest BCUT2D eigenvalue weighted by Crippen LogP contribution is -2.26. The van der Waals surface area contributed by atoms with Gasteiger partial charge < -0.3 is 9.84 Å². The van der Waals surface area contributed by atoms with Crippen molar-refractivity contribution in [1.82, 2.24) is 4.90 Å². The van der Waals surface area contributed by atoms with E-state index in [-0.39, 0.29) is 25.3 Å². The molecule has 27 heavy (non-hydrogen) atoms. The van der Waals surface area contributed by atoms with Gasteiger partial charge in [0.25, 0.3) is 0 Å². The Kier molecular flexibility index (Phi) is 7.10. The maximum absolute atomic E-state index is 12.4. The van der Waals surface area contributed by atoms with Crippen LogP contribution in [0.25, 0.3) is 0 Å². The lowest BCUT2D eigenvalue weighted by Gasteiger charge is -2.23. The van der Waals surface area contributed by atoms with Crippen LogP contribution in [0.4, 0.5) is 13.2 Å². The fraction of sp³-hybridized carbons (Fsp3) is 0.316. The van der Waals surface area contributed by atoms with Gasteiger partial charge in [-0.3, -0.25) is 9.69 Å². The zero-order valence-corrected chi connectivity index (χ0v) is 15.3. The van der Waals surface area contributed by atoms with Gasteiger partial charge in [0.1, 0.15) is 5.75 Å². The van der Waals surface area contributed by atoms with Crippen molar-refractivity contribution in [3.8, 4) is 5.75 Å². The Morgan fingerprint density at radius 3 is 2.59 bits per heavy atom. The second-order valence-electron chi connectivity index (χ2n) is 6.14. The Balaban J connectivity index is 2.18. The van der Waals surface area contributed by atoms with E-state index in [0.717, 1.165) is 11.1 Å². The Bertz CT molecular complexity index is 796. The van der Waals surface area contributed by atoms with Crippen LogP contribution in [-0.4, -0.2) is 28.9 Å². The van der Waals surface area contributed by atoms with Gasteiger partial charge in [0.15, 0.2) is 0 Å². The predicted molar refractivity (Wildman–Crippen MR) is 95.7 cm³/mol. The number of hydrogen-bond donors (Lipinski definition) is 1. The number of hydrogen-bond acceptors (Lipinski definition) is 3. The molecule has 0 bridgehead atoms. The Morgan fingerprint density at radius 1 is 1.19 bits per heavy atom. The summed E-state index contributed by atoms with van der Waals surface area (Å²) in [6, 6.07) is 11.2. The van der Waals surface area contributed by atoms with Crippen LogP contribution >= 0.6 is 11.6 Å². The molecule has 1 N–H and O–H groups in total. The van der Waals surface area contributed by atoms with Gasteiger partial charge in [0.05, 0.1) is 6.42 Å². The third-order valence-electron chi connectivity index (χ3n) is 3.78. The van der Waals surface area contributed by atoms with E-state index in [2.05, 4.69) is 4.74 Å². The first-order chi connectivity index (χ1) is 12.6. The topological polar surface area (TPSA) is 49.8 Å². The molecule has 0 saturated carbocycles. The van der Waals surface area contributed by atoms with Crippen molar-refractivity contribution in [3.05, 3.63) is 64.2 Å². The van der Waals surface area contributed by atoms with Crippen LogP contribution in [0.5, 0.6) is 5.75 Å². The monoisotopic (exact) mass is 401 g/mol. The van der Waals surface area contributed by atoms with E-state index in [4.69, 9.17) is 16.7 Å². The Hall–Kier alpha value is -2.25. The number of carboxylic acids is 1. The summed E-state index contributed by atoms with van der Waals surface area (Å²) in [4.78, 5) is 12.8. The SMILES string of the molecule is Cc1ccc(Cl)c(CN(CCC(=O)O)Cc2cccc(OC(F)(F)F)c2)c1. The molecule has 2 rings (SSSR count). The lowest BCUT2D eigenvalue weighted by atomic mass is 10.1. The number of nitrogens with zero attached hydrogens (tertiary/aromatic N) is 1. The summed E-state index contributed by atoms with van der Waals surface area (Å²) in [5.74, 6) is -1.27. The quantitative estimate of drug-likeness (QED) is 0.674. The molecule has 2 aromatic carbocycles. The van der Waals surface area contributed by atoms with Crippen LogP contribution in [0.15, 0.2) is 42.5 Å². The molecule has 146 valence electrons. The van der Waals surface area contributed by atoms with Gasteiger partial charge in [0.2, 0.25) is 0 Å². The fourth-order valence-electron chi connectivity index (χ4n) is 2.63. The zero-order valence-electron chi connectivity index (χ0n) is 14.6. The van der Waals surface area contributed by atoms with Gasteiger partial charge in [-0.1, -0.05) is 41.4 Å². The van der Waals surface area contributed by atoms with Crippen LogP contribution in [-0.2, 0) is 17.9 Å². The second-order valence-corrected chi connectivity index (χ2v) is 6.55. The molecule has 0 radical (unpaired) electrons. The average Bonchev–Trinajstić information content (AvgIpc) is 2.54. The number of carboxylic acid groups (broad SMARTS) is 1. The highest BCUT2D eigenvalue weighted by Gasteiger charge is 2.31. The van der Waals surface area contributed by atoms with Gasteiger partial charge in [-0.05, 0) is 36.2 Å². The maximum Gasteiger partial charge on any atom is 0.573 e. The van der Waals surface area contributed by atoms with Crippen LogP contribution in [0, 0.1) is 6.92 Å². The van der Waals surface area contributed by atoms with Crippen molar-refractivity contribution in [2.45, 2.75) is 32.8 Å². The normalized spacial score (nSPS) is 11.6. The van der Waals surface area contributed by atoms with E-state index in [1.54, 1.807) is 12.1 Å². The number of aliphatic carboxylic acids is 1. The van der Waals surface area contributed by atoms with Crippen molar-refractivity contribution < 1.29 is 27.8 Å². The first-order valence-electron chi connectivity index (χ1n) is 8.16. The molecule has 0 heterocycles. The van der Waals surface area contributed by atoms with E-state index >= 15 is 0 Å². The summed E-state index contributed by atoms with van der Waals surface area (Å²) in [5, 5.41) is 9.52. The number of benzene rings is 2. The maximum atomic E-state index is 12.4. The summed E-state index contributed by atoms with van der Waals surface area (Å²) < 4.78 is 41.1. The lowest BCUT2D eigenvalue weighted by molar-refractivity contribution is -0.274. The molecule has 0 aliphatic rings. The van der Waals surface area contributed by atoms with Crippen LogP contribution in [0.1, 0.15) is 23.1 Å². The number of carbonyl (C=O) groups is 1. The number of rotatable bonds is 8. The predicted octanol–water partition coefficient (Wildman–Crippen LogP) is 5.02. The van der Waals surface area contributed by atoms with Gasteiger partial charge in [-0.2, -0.15) is 0 Å². The van der Waals surface area contributed by atoms with Crippen molar-refractivity contribution in [1.29, 1.82) is 0 Å². The molecule has 4 nitrogen and oxygen atoms in total. The molecule has 0 fully saturated rings. The molecule has 2 aromatic rings. The van der Waals surface area contributed by atoms with Crippen molar-refractivity contribution in [3.63, 3.8) is 0 Å². The summed E-state index contributed by atoms with van der Waals surface area (Å²) in [5.41, 5.74) is 2.41. The average molecular weight is 402 g/mol. The van der Waals surface area contributed by atoms with Crippen molar-refractivity contribution in [2.75, 3.05) is 6.54 Å². The van der Waals surface area contributed by atoms with Crippen LogP contribution in [0.3, 0.4) is 0 Å². The molecule has 0 unspecified atom stereocenters. The minimum absolute atomic E-state index is 0.0951. The minimum Gasteiger partial charge on any atom is -0.481 e. The van der Waals surface area contributed by atoms with E-state index in [1.807, 2.05) is 24.0 Å². The third kappa shape index (κ3) is 7.48. The molecule has 0 aliphatic carbocycles.